The van der Waals surface area contributed by atoms with Crippen molar-refractivity contribution in [2.24, 2.45) is 4.99 Å². The second kappa shape index (κ2) is 10.1. The van der Waals surface area contributed by atoms with Gasteiger partial charge in [-0.15, -0.1) is 0 Å². The van der Waals surface area contributed by atoms with Gasteiger partial charge in [0.05, 0.1) is 36.6 Å². The van der Waals surface area contributed by atoms with E-state index >= 15 is 0 Å². The van der Waals surface area contributed by atoms with Crippen molar-refractivity contribution in [1.29, 1.82) is 0 Å². The van der Waals surface area contributed by atoms with Crippen LogP contribution in [0.3, 0.4) is 0 Å². The number of carbonyl (C=O) groups excluding carboxylic acids is 1. The summed E-state index contributed by atoms with van der Waals surface area (Å²) in [5.41, 5.74) is 2.07. The Bertz CT molecular complexity index is 1730. The maximum Gasteiger partial charge on any atom is 0.338 e. The molecule has 3 aromatic carbocycles. The first-order valence-electron chi connectivity index (χ1n) is 11.9. The molecular weight excluding hydrogens is 488 g/mol. The SMILES string of the molecule is CCOC(=O)C1=C(C)N=c2sc(=Cc3cccc4ccccc34)c(=O)n2C1c1cc(OC)ccc1OC. The van der Waals surface area contributed by atoms with Crippen LogP contribution in [0, 0.1) is 0 Å². The van der Waals surface area contributed by atoms with Gasteiger partial charge in [-0.3, -0.25) is 9.36 Å². The normalized spacial score (nSPS) is 15.4. The standard InChI is InChI=1S/C29H26N2O5S/c1-5-36-28(33)25-17(2)30-29-31(26(25)22-16-20(34-3)13-14-23(22)35-4)27(32)24(37-29)15-19-11-8-10-18-9-6-7-12-21(18)19/h6-16,26H,5H2,1-4H3. The van der Waals surface area contributed by atoms with E-state index in [9.17, 15) is 9.59 Å². The molecule has 0 bridgehead atoms. The van der Waals surface area contributed by atoms with E-state index in [1.807, 2.05) is 48.5 Å². The van der Waals surface area contributed by atoms with Gasteiger partial charge in [0.1, 0.15) is 17.5 Å². The van der Waals surface area contributed by atoms with Gasteiger partial charge in [0.15, 0.2) is 4.80 Å². The highest BCUT2D eigenvalue weighted by Gasteiger charge is 2.35. The molecule has 4 aromatic rings. The highest BCUT2D eigenvalue weighted by molar-refractivity contribution is 7.07. The molecule has 0 amide bonds. The molecule has 8 heteroatoms. The van der Waals surface area contributed by atoms with E-state index in [0.717, 1.165) is 16.3 Å². The molecule has 1 aromatic heterocycles. The highest BCUT2D eigenvalue weighted by Crippen LogP contribution is 2.37. The Kier molecular flexibility index (Phi) is 6.67. The number of hydrogen-bond donors (Lipinski definition) is 0. The summed E-state index contributed by atoms with van der Waals surface area (Å²) in [5, 5.41) is 2.13. The predicted molar refractivity (Wildman–Crippen MR) is 144 cm³/mol. The molecule has 0 fully saturated rings. The number of thiazole rings is 1. The lowest BCUT2D eigenvalue weighted by molar-refractivity contribution is -0.139. The van der Waals surface area contributed by atoms with Gasteiger partial charge in [-0.1, -0.05) is 53.8 Å². The zero-order valence-corrected chi connectivity index (χ0v) is 21.8. The first-order valence-corrected chi connectivity index (χ1v) is 12.7. The largest absolute Gasteiger partial charge is 0.497 e. The second-order valence-corrected chi connectivity index (χ2v) is 9.49. The van der Waals surface area contributed by atoms with E-state index < -0.39 is 12.0 Å². The number of esters is 1. The van der Waals surface area contributed by atoms with Crippen LogP contribution < -0.4 is 24.4 Å². The number of rotatable bonds is 6. The van der Waals surface area contributed by atoms with Gasteiger partial charge in [0, 0.05) is 5.56 Å². The average molecular weight is 515 g/mol. The number of aromatic nitrogens is 1. The van der Waals surface area contributed by atoms with Gasteiger partial charge < -0.3 is 14.2 Å². The molecule has 0 aliphatic carbocycles. The molecule has 0 spiro atoms. The molecule has 1 aliphatic rings. The third-order valence-corrected chi connectivity index (χ3v) is 7.34. The Morgan fingerprint density at radius 3 is 2.62 bits per heavy atom. The summed E-state index contributed by atoms with van der Waals surface area (Å²) < 4.78 is 18.6. The number of benzene rings is 3. The highest BCUT2D eigenvalue weighted by atomic mass is 32.1. The molecule has 37 heavy (non-hydrogen) atoms. The Labute approximate surface area is 217 Å². The minimum atomic E-state index is -0.796. The lowest BCUT2D eigenvalue weighted by Gasteiger charge is -2.26. The second-order valence-electron chi connectivity index (χ2n) is 8.48. The molecule has 1 unspecified atom stereocenters. The number of hydrogen-bond acceptors (Lipinski definition) is 7. The van der Waals surface area contributed by atoms with E-state index in [4.69, 9.17) is 14.2 Å². The molecule has 2 heterocycles. The van der Waals surface area contributed by atoms with Crippen LogP contribution in [0.4, 0.5) is 0 Å². The molecule has 1 aliphatic heterocycles. The summed E-state index contributed by atoms with van der Waals surface area (Å²) in [6.45, 7) is 3.70. The first-order chi connectivity index (χ1) is 18.0. The van der Waals surface area contributed by atoms with Crippen molar-refractivity contribution in [3.05, 3.63) is 103 Å². The Balaban J connectivity index is 1.79. The number of ether oxygens (including phenoxy) is 3. The zero-order chi connectivity index (χ0) is 26.1. The molecule has 0 radical (unpaired) electrons. The number of methoxy groups -OCH3 is 2. The number of allylic oxidation sites excluding steroid dienone is 1. The minimum Gasteiger partial charge on any atom is -0.497 e. The lowest BCUT2D eigenvalue weighted by atomic mass is 9.94. The smallest absolute Gasteiger partial charge is 0.338 e. The van der Waals surface area contributed by atoms with Crippen LogP contribution in [-0.2, 0) is 9.53 Å². The van der Waals surface area contributed by atoms with Gasteiger partial charge in [-0.25, -0.2) is 9.79 Å². The van der Waals surface area contributed by atoms with Crippen molar-refractivity contribution in [3.63, 3.8) is 0 Å². The van der Waals surface area contributed by atoms with Crippen LogP contribution in [0.15, 0.2) is 81.7 Å². The van der Waals surface area contributed by atoms with E-state index in [0.29, 0.717) is 32.1 Å². The predicted octanol–water partition coefficient (Wildman–Crippen LogP) is 3.97. The van der Waals surface area contributed by atoms with Gasteiger partial charge in [-0.05, 0) is 54.5 Å². The average Bonchev–Trinajstić information content (AvgIpc) is 3.21. The fraction of sp³-hybridized carbons (Fsp3) is 0.207. The van der Waals surface area contributed by atoms with Crippen LogP contribution in [0.5, 0.6) is 11.5 Å². The van der Waals surface area contributed by atoms with Crippen molar-refractivity contribution in [1.82, 2.24) is 4.57 Å². The van der Waals surface area contributed by atoms with Crippen molar-refractivity contribution >= 4 is 34.2 Å². The molecule has 5 rings (SSSR count). The zero-order valence-electron chi connectivity index (χ0n) is 21.0. The van der Waals surface area contributed by atoms with Crippen molar-refractivity contribution < 1.29 is 19.0 Å². The van der Waals surface area contributed by atoms with Crippen LogP contribution in [0.1, 0.15) is 31.0 Å². The summed E-state index contributed by atoms with van der Waals surface area (Å²) in [6, 6.07) is 18.6. The van der Waals surface area contributed by atoms with Crippen molar-refractivity contribution in [2.75, 3.05) is 20.8 Å². The summed E-state index contributed by atoms with van der Waals surface area (Å²) in [7, 11) is 3.12. The Hall–Kier alpha value is -4.17. The first kappa shape index (κ1) is 24.5. The maximum atomic E-state index is 14.0. The van der Waals surface area contributed by atoms with Gasteiger partial charge in [0.25, 0.3) is 5.56 Å². The van der Waals surface area contributed by atoms with Crippen molar-refractivity contribution in [2.45, 2.75) is 19.9 Å². The molecular formula is C29H26N2O5S. The fourth-order valence-electron chi connectivity index (χ4n) is 4.66. The van der Waals surface area contributed by atoms with E-state index in [2.05, 4.69) is 4.99 Å². The van der Waals surface area contributed by atoms with Crippen LogP contribution >= 0.6 is 11.3 Å². The van der Waals surface area contributed by atoms with Gasteiger partial charge in [-0.2, -0.15) is 0 Å². The van der Waals surface area contributed by atoms with E-state index in [1.54, 1.807) is 50.8 Å². The van der Waals surface area contributed by atoms with Crippen molar-refractivity contribution in [3.8, 4) is 11.5 Å². The van der Waals surface area contributed by atoms with Crippen LogP contribution in [0.2, 0.25) is 0 Å². The molecule has 0 saturated carbocycles. The molecule has 7 nitrogen and oxygen atoms in total. The minimum absolute atomic E-state index is 0.198. The van der Waals surface area contributed by atoms with Crippen LogP contribution in [0.25, 0.3) is 16.8 Å². The third kappa shape index (κ3) is 4.34. The number of nitrogens with zero attached hydrogens (tertiary/aromatic N) is 2. The maximum absolute atomic E-state index is 14.0. The molecule has 0 N–H and O–H groups in total. The topological polar surface area (TPSA) is 79.1 Å². The number of carbonyl (C=O) groups is 1. The quantitative estimate of drug-likeness (QED) is 0.364. The number of fused-ring (bicyclic) bond motifs is 2. The van der Waals surface area contributed by atoms with E-state index in [1.165, 1.54) is 11.3 Å². The van der Waals surface area contributed by atoms with Crippen LogP contribution in [-0.4, -0.2) is 31.4 Å². The summed E-state index contributed by atoms with van der Waals surface area (Å²) in [5.74, 6) is 0.569. The molecule has 0 saturated heterocycles. The fourth-order valence-corrected chi connectivity index (χ4v) is 5.69. The van der Waals surface area contributed by atoms with Gasteiger partial charge >= 0.3 is 5.97 Å². The summed E-state index contributed by atoms with van der Waals surface area (Å²) >= 11 is 1.29. The third-order valence-electron chi connectivity index (χ3n) is 6.36. The summed E-state index contributed by atoms with van der Waals surface area (Å²) in [6.07, 6.45) is 1.88. The monoisotopic (exact) mass is 514 g/mol. The van der Waals surface area contributed by atoms with E-state index in [-0.39, 0.29) is 17.7 Å². The molecule has 188 valence electrons. The lowest BCUT2D eigenvalue weighted by Crippen LogP contribution is -2.40. The summed E-state index contributed by atoms with van der Waals surface area (Å²) in [4.78, 5) is 32.3. The Morgan fingerprint density at radius 1 is 1.08 bits per heavy atom. The van der Waals surface area contributed by atoms with Gasteiger partial charge in [0.2, 0.25) is 0 Å². The Morgan fingerprint density at radius 2 is 1.86 bits per heavy atom. The molecule has 1 atom stereocenters.